The van der Waals surface area contributed by atoms with Gasteiger partial charge in [0.25, 0.3) is 0 Å². The number of amides is 3. The third-order valence-electron chi connectivity index (χ3n) is 10.9. The first kappa shape index (κ1) is 37.4. The quantitative estimate of drug-likeness (QED) is 0.187. The molecule has 3 amide bonds. The van der Waals surface area contributed by atoms with Crippen molar-refractivity contribution in [3.8, 4) is 0 Å². The number of hydrogen-bond donors (Lipinski definition) is 2. The molecule has 0 aromatic heterocycles. The van der Waals surface area contributed by atoms with Crippen LogP contribution >= 0.6 is 0 Å². The van der Waals surface area contributed by atoms with E-state index in [4.69, 9.17) is 14.2 Å². The summed E-state index contributed by atoms with van der Waals surface area (Å²) in [6.07, 6.45) is 4.25. The van der Waals surface area contributed by atoms with Crippen LogP contribution in [0.2, 0.25) is 0 Å². The zero-order chi connectivity index (χ0) is 36.7. The van der Waals surface area contributed by atoms with Gasteiger partial charge in [0.15, 0.2) is 0 Å². The summed E-state index contributed by atoms with van der Waals surface area (Å²) in [5.74, 6) is -3.38. The molecule has 0 radical (unpaired) electrons. The van der Waals surface area contributed by atoms with Gasteiger partial charge >= 0.3 is 5.97 Å². The molecule has 52 heavy (non-hydrogen) atoms. The molecular formula is C40H50N4O8. The normalized spacial score (nSPS) is 26.3. The second-order valence-corrected chi connectivity index (χ2v) is 13.9. The lowest BCUT2D eigenvalue weighted by Crippen LogP contribution is -2.58. The van der Waals surface area contributed by atoms with Crippen molar-refractivity contribution in [1.82, 2.24) is 20.0 Å². The Balaban J connectivity index is 1.32. The molecule has 4 saturated heterocycles. The number of nitrogens with one attached hydrogen (secondary N) is 1. The number of likely N-dealkylation sites (tertiary alicyclic amines) is 1. The van der Waals surface area contributed by atoms with Crippen molar-refractivity contribution in [1.29, 1.82) is 0 Å². The maximum atomic E-state index is 14.9. The number of rotatable bonds is 17. The van der Waals surface area contributed by atoms with Crippen molar-refractivity contribution >= 4 is 23.7 Å². The van der Waals surface area contributed by atoms with Gasteiger partial charge in [0, 0.05) is 39.1 Å². The van der Waals surface area contributed by atoms with Crippen LogP contribution in [-0.4, -0.2) is 120 Å². The first-order valence-electron chi connectivity index (χ1n) is 18.3. The molecule has 12 nitrogen and oxygen atoms in total. The lowest BCUT2D eigenvalue weighted by molar-refractivity contribution is -0.151. The van der Waals surface area contributed by atoms with Gasteiger partial charge in [-0.15, -0.1) is 13.2 Å². The Labute approximate surface area is 305 Å². The molecule has 6 rings (SSSR count). The van der Waals surface area contributed by atoms with Crippen molar-refractivity contribution in [2.24, 2.45) is 11.8 Å². The van der Waals surface area contributed by atoms with Gasteiger partial charge in [-0.25, -0.2) is 0 Å². The second-order valence-electron chi connectivity index (χ2n) is 13.9. The standard InChI is InChI=1S/C40H50N4O8/c1-3-5-16-33(46)51-27-30(28-12-8-6-9-13-28)41-37(47)34-32-17-18-40(52-32)35(34)38(48)44(31(26-45)29-14-10-7-11-15-29)36(40)39(49)43(19-4-2)21-20-42-22-24-50-25-23-42/h3-4,6-15,30-32,34-36,45H,1-2,5,16-27H2,(H,41,47)/t30-,31-,32+,34-,35-,36+,40-/m1/s1. The molecule has 12 heteroatoms. The topological polar surface area (TPSA) is 138 Å². The van der Waals surface area contributed by atoms with Gasteiger partial charge in [0.1, 0.15) is 18.2 Å². The van der Waals surface area contributed by atoms with E-state index in [1.807, 2.05) is 60.7 Å². The van der Waals surface area contributed by atoms with Crippen LogP contribution in [-0.2, 0) is 33.4 Å². The average molecular weight is 715 g/mol. The van der Waals surface area contributed by atoms with Crippen LogP contribution in [0.15, 0.2) is 86.0 Å². The summed E-state index contributed by atoms with van der Waals surface area (Å²) in [7, 11) is 0. The van der Waals surface area contributed by atoms with Gasteiger partial charge in [-0.3, -0.25) is 24.1 Å². The number of allylic oxidation sites excluding steroid dienone is 1. The second kappa shape index (κ2) is 17.0. The molecule has 7 atom stereocenters. The molecule has 2 bridgehead atoms. The van der Waals surface area contributed by atoms with E-state index in [2.05, 4.69) is 23.4 Å². The largest absolute Gasteiger partial charge is 0.463 e. The highest BCUT2D eigenvalue weighted by molar-refractivity contribution is 5.99. The average Bonchev–Trinajstić information content (AvgIpc) is 3.83. The highest BCUT2D eigenvalue weighted by atomic mass is 16.5. The zero-order valence-corrected chi connectivity index (χ0v) is 29.6. The fourth-order valence-electron chi connectivity index (χ4n) is 8.39. The number of carbonyl (C=O) groups is 4. The number of hydrogen-bond acceptors (Lipinski definition) is 9. The maximum absolute atomic E-state index is 14.9. The summed E-state index contributed by atoms with van der Waals surface area (Å²) in [5, 5.41) is 13.9. The van der Waals surface area contributed by atoms with E-state index in [1.165, 1.54) is 4.90 Å². The van der Waals surface area contributed by atoms with Crippen LogP contribution in [0.3, 0.4) is 0 Å². The van der Waals surface area contributed by atoms with Gasteiger partial charge in [0.2, 0.25) is 17.7 Å². The Kier molecular flexibility index (Phi) is 12.2. The molecule has 2 aromatic rings. The van der Waals surface area contributed by atoms with E-state index >= 15 is 0 Å². The van der Waals surface area contributed by atoms with Gasteiger partial charge in [0.05, 0.1) is 49.8 Å². The van der Waals surface area contributed by atoms with Crippen molar-refractivity contribution in [2.45, 2.75) is 55.5 Å². The molecule has 4 heterocycles. The molecule has 4 aliphatic heterocycles. The van der Waals surface area contributed by atoms with Gasteiger partial charge in [-0.05, 0) is 30.4 Å². The van der Waals surface area contributed by atoms with Crippen LogP contribution < -0.4 is 5.32 Å². The number of ether oxygens (including phenoxy) is 3. The number of nitrogens with zero attached hydrogens (tertiary/aromatic N) is 3. The summed E-state index contributed by atoms with van der Waals surface area (Å²) >= 11 is 0. The molecule has 278 valence electrons. The van der Waals surface area contributed by atoms with Crippen molar-refractivity contribution in [2.75, 3.05) is 59.2 Å². The van der Waals surface area contributed by atoms with Crippen LogP contribution in [0.5, 0.6) is 0 Å². The molecule has 2 N–H and O–H groups in total. The number of esters is 1. The highest BCUT2D eigenvalue weighted by Gasteiger charge is 2.75. The minimum atomic E-state index is -1.28. The number of aliphatic hydroxyl groups excluding tert-OH is 1. The van der Waals surface area contributed by atoms with Crippen LogP contribution in [0, 0.1) is 11.8 Å². The molecular weight excluding hydrogens is 664 g/mol. The first-order valence-corrected chi connectivity index (χ1v) is 18.3. The number of fused-ring (bicyclic) bond motifs is 1. The number of carbonyl (C=O) groups excluding carboxylic acids is 4. The smallest absolute Gasteiger partial charge is 0.306 e. The van der Waals surface area contributed by atoms with Crippen molar-refractivity contribution < 1.29 is 38.5 Å². The minimum absolute atomic E-state index is 0.0960. The SMILES string of the molecule is C=CCCC(=O)OC[C@@H](NC(=O)[C@@H]1[C@@H]2CC[C@]3(O2)[C@H](C(=O)N(CC=C)CCN2CCOCC2)N([C@H](CO)c2ccccc2)C(=O)[C@@H]13)c1ccccc1. The van der Waals surface area contributed by atoms with Crippen molar-refractivity contribution in [3.05, 3.63) is 97.1 Å². The Morgan fingerprint density at radius 2 is 1.73 bits per heavy atom. The molecule has 0 unspecified atom stereocenters. The third-order valence-corrected chi connectivity index (χ3v) is 10.9. The van der Waals surface area contributed by atoms with Gasteiger partial charge in [-0.2, -0.15) is 0 Å². The molecule has 0 aliphatic carbocycles. The summed E-state index contributed by atoms with van der Waals surface area (Å²) in [6, 6.07) is 15.8. The third kappa shape index (κ3) is 7.57. The van der Waals surface area contributed by atoms with E-state index < -0.39 is 66.1 Å². The highest BCUT2D eigenvalue weighted by Crippen LogP contribution is 2.60. The summed E-state index contributed by atoms with van der Waals surface area (Å²) < 4.78 is 17.8. The fraction of sp³-hybridized carbons (Fsp3) is 0.500. The Hall–Kier alpha value is -4.36. The lowest BCUT2D eigenvalue weighted by Gasteiger charge is -2.40. The molecule has 1 spiro atoms. The molecule has 4 aliphatic rings. The Bertz CT molecular complexity index is 1580. The Morgan fingerprint density at radius 3 is 2.38 bits per heavy atom. The fourth-order valence-corrected chi connectivity index (χ4v) is 8.39. The summed E-state index contributed by atoms with van der Waals surface area (Å²) in [4.78, 5) is 62.1. The minimum Gasteiger partial charge on any atom is -0.463 e. The van der Waals surface area contributed by atoms with Gasteiger partial charge < -0.3 is 34.4 Å². The number of morpholine rings is 1. The summed E-state index contributed by atoms with van der Waals surface area (Å²) in [6.45, 7) is 11.1. The van der Waals surface area contributed by atoms with Gasteiger partial charge in [-0.1, -0.05) is 72.8 Å². The van der Waals surface area contributed by atoms with Crippen LogP contribution in [0.1, 0.15) is 48.9 Å². The lowest BCUT2D eigenvalue weighted by atomic mass is 9.70. The predicted octanol–water partition coefficient (Wildman–Crippen LogP) is 2.81. The molecule has 2 aromatic carbocycles. The van der Waals surface area contributed by atoms with Crippen molar-refractivity contribution in [3.63, 3.8) is 0 Å². The van der Waals surface area contributed by atoms with E-state index in [9.17, 15) is 24.3 Å². The first-order chi connectivity index (χ1) is 25.3. The number of benzene rings is 2. The van der Waals surface area contributed by atoms with E-state index in [1.54, 1.807) is 17.1 Å². The predicted molar refractivity (Wildman–Crippen MR) is 192 cm³/mol. The van der Waals surface area contributed by atoms with E-state index in [0.717, 1.165) is 18.7 Å². The maximum Gasteiger partial charge on any atom is 0.306 e. The van der Waals surface area contributed by atoms with Crippen LogP contribution in [0.25, 0.3) is 0 Å². The monoisotopic (exact) mass is 714 g/mol. The number of aliphatic hydroxyl groups is 1. The molecule has 4 fully saturated rings. The van der Waals surface area contributed by atoms with Crippen LogP contribution in [0.4, 0.5) is 0 Å². The summed E-state index contributed by atoms with van der Waals surface area (Å²) in [5.41, 5.74) is 0.137. The zero-order valence-electron chi connectivity index (χ0n) is 29.6. The Morgan fingerprint density at radius 1 is 1.04 bits per heavy atom. The van der Waals surface area contributed by atoms with E-state index in [0.29, 0.717) is 51.1 Å². The molecule has 0 saturated carbocycles. The van der Waals surface area contributed by atoms with E-state index in [-0.39, 0.29) is 25.5 Å².